The zero-order valence-electron chi connectivity index (χ0n) is 9.50. The van der Waals surface area contributed by atoms with E-state index in [1.165, 1.54) is 6.42 Å². The van der Waals surface area contributed by atoms with Gasteiger partial charge in [0.15, 0.2) is 0 Å². The summed E-state index contributed by atoms with van der Waals surface area (Å²) < 4.78 is 5.11. The molecule has 0 saturated heterocycles. The van der Waals surface area contributed by atoms with Crippen molar-refractivity contribution < 1.29 is 9.53 Å². The molecular formula is C11H22N2O2. The average molecular weight is 214 g/mol. The molecule has 1 fully saturated rings. The molecule has 2 unspecified atom stereocenters. The second kappa shape index (κ2) is 6.80. The van der Waals surface area contributed by atoms with Crippen LogP contribution in [-0.2, 0) is 9.53 Å². The van der Waals surface area contributed by atoms with Crippen molar-refractivity contribution in [1.29, 1.82) is 0 Å². The van der Waals surface area contributed by atoms with E-state index in [4.69, 9.17) is 10.5 Å². The highest BCUT2D eigenvalue weighted by atomic mass is 16.5. The van der Waals surface area contributed by atoms with Crippen molar-refractivity contribution in [3.63, 3.8) is 0 Å². The van der Waals surface area contributed by atoms with Gasteiger partial charge in [-0.15, -0.1) is 0 Å². The normalized spacial score (nSPS) is 25.5. The number of nitrogens with two attached hydrogens (primary N) is 1. The van der Waals surface area contributed by atoms with Crippen LogP contribution in [0.25, 0.3) is 0 Å². The molecular weight excluding hydrogens is 192 g/mol. The molecule has 4 heteroatoms. The van der Waals surface area contributed by atoms with E-state index in [-0.39, 0.29) is 11.9 Å². The van der Waals surface area contributed by atoms with Crippen LogP contribution >= 0.6 is 0 Å². The Morgan fingerprint density at radius 3 is 2.93 bits per heavy atom. The van der Waals surface area contributed by atoms with Crippen LogP contribution in [0.3, 0.4) is 0 Å². The van der Waals surface area contributed by atoms with Gasteiger partial charge in [-0.3, -0.25) is 4.79 Å². The van der Waals surface area contributed by atoms with Gasteiger partial charge in [0.05, 0.1) is 6.61 Å². The number of carbonyl (C=O) groups is 1. The predicted octanol–water partition coefficient (Wildman–Crippen LogP) is 0.657. The van der Waals surface area contributed by atoms with Crippen molar-refractivity contribution in [2.45, 2.75) is 38.6 Å². The molecule has 3 N–H and O–H groups in total. The fourth-order valence-electron chi connectivity index (χ4n) is 1.96. The maximum atomic E-state index is 11.3. The molecule has 1 rings (SSSR count). The Balaban J connectivity index is 2.05. The van der Waals surface area contributed by atoms with Crippen LogP contribution in [0.15, 0.2) is 0 Å². The van der Waals surface area contributed by atoms with Gasteiger partial charge in [-0.25, -0.2) is 0 Å². The lowest BCUT2D eigenvalue weighted by Crippen LogP contribution is -2.36. The van der Waals surface area contributed by atoms with E-state index in [0.29, 0.717) is 25.6 Å². The third kappa shape index (κ3) is 4.62. The van der Waals surface area contributed by atoms with Crippen molar-refractivity contribution in [1.82, 2.24) is 5.32 Å². The van der Waals surface area contributed by atoms with Crippen LogP contribution in [0, 0.1) is 5.92 Å². The smallest absolute Gasteiger partial charge is 0.222 e. The molecule has 2 atom stereocenters. The Labute approximate surface area is 91.5 Å². The minimum atomic E-state index is 0.0718. The van der Waals surface area contributed by atoms with Gasteiger partial charge in [0.25, 0.3) is 0 Å². The van der Waals surface area contributed by atoms with Crippen LogP contribution in [0.4, 0.5) is 0 Å². The average Bonchev–Trinajstić information content (AvgIpc) is 2.61. The lowest BCUT2D eigenvalue weighted by atomic mass is 10.0. The summed E-state index contributed by atoms with van der Waals surface area (Å²) in [6.45, 7) is 3.83. The second-order valence-electron chi connectivity index (χ2n) is 4.11. The van der Waals surface area contributed by atoms with Crippen molar-refractivity contribution in [2.24, 2.45) is 11.7 Å². The monoisotopic (exact) mass is 214 g/mol. The van der Waals surface area contributed by atoms with Gasteiger partial charge in [-0.05, 0) is 25.7 Å². The van der Waals surface area contributed by atoms with Crippen LogP contribution in [0.2, 0.25) is 0 Å². The Morgan fingerprint density at radius 1 is 1.53 bits per heavy atom. The van der Waals surface area contributed by atoms with Crippen molar-refractivity contribution in [3.05, 3.63) is 0 Å². The second-order valence-corrected chi connectivity index (χ2v) is 4.11. The van der Waals surface area contributed by atoms with Crippen LogP contribution in [0.5, 0.6) is 0 Å². The molecule has 0 radical (unpaired) electrons. The fourth-order valence-corrected chi connectivity index (χ4v) is 1.96. The topological polar surface area (TPSA) is 64.3 Å². The number of hydrogen-bond donors (Lipinski definition) is 2. The first kappa shape index (κ1) is 12.5. The minimum absolute atomic E-state index is 0.0718. The molecule has 0 aromatic rings. The zero-order chi connectivity index (χ0) is 11.1. The first-order chi connectivity index (χ1) is 7.24. The third-order valence-electron chi connectivity index (χ3n) is 2.96. The number of rotatable bonds is 6. The van der Waals surface area contributed by atoms with Gasteiger partial charge >= 0.3 is 0 Å². The van der Waals surface area contributed by atoms with E-state index in [1.807, 2.05) is 6.92 Å². The number of hydrogen-bond acceptors (Lipinski definition) is 3. The highest BCUT2D eigenvalue weighted by Gasteiger charge is 2.23. The quantitative estimate of drug-likeness (QED) is 0.638. The molecule has 88 valence electrons. The van der Waals surface area contributed by atoms with E-state index in [0.717, 1.165) is 19.4 Å². The number of carbonyl (C=O) groups excluding carboxylic acids is 1. The van der Waals surface area contributed by atoms with Crippen molar-refractivity contribution >= 4 is 5.91 Å². The summed E-state index contributed by atoms with van der Waals surface area (Å²) in [5.41, 5.74) is 5.91. The highest BCUT2D eigenvalue weighted by Crippen LogP contribution is 2.22. The molecule has 15 heavy (non-hydrogen) atoms. The van der Waals surface area contributed by atoms with Gasteiger partial charge in [-0.2, -0.15) is 0 Å². The highest BCUT2D eigenvalue weighted by molar-refractivity contribution is 5.75. The van der Waals surface area contributed by atoms with E-state index in [2.05, 4.69) is 5.32 Å². The first-order valence-corrected chi connectivity index (χ1v) is 5.84. The molecule has 1 aliphatic rings. The van der Waals surface area contributed by atoms with E-state index >= 15 is 0 Å². The SMILES string of the molecule is CCOCCC(=O)NCC1CCCC1N. The van der Waals surface area contributed by atoms with Crippen LogP contribution in [0.1, 0.15) is 32.6 Å². The lowest BCUT2D eigenvalue weighted by molar-refractivity contribution is -0.122. The standard InChI is InChI=1S/C11H22N2O2/c1-2-15-7-6-11(14)13-8-9-4-3-5-10(9)12/h9-10H,2-8,12H2,1H3,(H,13,14). The van der Waals surface area contributed by atoms with Crippen LogP contribution < -0.4 is 11.1 Å². The maximum absolute atomic E-state index is 11.3. The summed E-state index contributed by atoms with van der Waals surface area (Å²) in [5.74, 6) is 0.545. The zero-order valence-corrected chi connectivity index (χ0v) is 9.50. The first-order valence-electron chi connectivity index (χ1n) is 5.84. The summed E-state index contributed by atoms with van der Waals surface area (Å²) in [6.07, 6.45) is 3.89. The molecule has 0 heterocycles. The molecule has 0 aromatic heterocycles. The van der Waals surface area contributed by atoms with E-state index in [1.54, 1.807) is 0 Å². The molecule has 1 saturated carbocycles. The minimum Gasteiger partial charge on any atom is -0.381 e. The molecule has 4 nitrogen and oxygen atoms in total. The Kier molecular flexibility index (Phi) is 5.65. The predicted molar refractivity (Wildman–Crippen MR) is 59.4 cm³/mol. The van der Waals surface area contributed by atoms with E-state index < -0.39 is 0 Å². The van der Waals surface area contributed by atoms with Crippen molar-refractivity contribution in [2.75, 3.05) is 19.8 Å². The Hall–Kier alpha value is -0.610. The van der Waals surface area contributed by atoms with E-state index in [9.17, 15) is 4.79 Å². The maximum Gasteiger partial charge on any atom is 0.222 e. The number of ether oxygens (including phenoxy) is 1. The van der Waals surface area contributed by atoms with Crippen LogP contribution in [-0.4, -0.2) is 31.7 Å². The van der Waals surface area contributed by atoms with Gasteiger partial charge in [0.2, 0.25) is 5.91 Å². The van der Waals surface area contributed by atoms with Gasteiger partial charge in [-0.1, -0.05) is 6.42 Å². The summed E-state index contributed by atoms with van der Waals surface area (Å²) in [5, 5.41) is 2.91. The largest absolute Gasteiger partial charge is 0.381 e. The van der Waals surface area contributed by atoms with Gasteiger partial charge < -0.3 is 15.8 Å². The number of nitrogens with one attached hydrogen (secondary N) is 1. The molecule has 0 aliphatic heterocycles. The molecule has 0 aromatic carbocycles. The fraction of sp³-hybridized carbons (Fsp3) is 0.909. The van der Waals surface area contributed by atoms with Crippen molar-refractivity contribution in [3.8, 4) is 0 Å². The molecule has 1 amide bonds. The molecule has 1 aliphatic carbocycles. The summed E-state index contributed by atoms with van der Waals surface area (Å²) in [4.78, 5) is 11.3. The third-order valence-corrected chi connectivity index (χ3v) is 2.96. The lowest BCUT2D eigenvalue weighted by Gasteiger charge is -2.15. The number of amides is 1. The molecule has 0 bridgehead atoms. The summed E-state index contributed by atoms with van der Waals surface area (Å²) in [7, 11) is 0. The van der Waals surface area contributed by atoms with Gasteiger partial charge in [0.1, 0.15) is 0 Å². The molecule has 0 spiro atoms. The van der Waals surface area contributed by atoms with Gasteiger partial charge in [0, 0.05) is 25.6 Å². The Morgan fingerprint density at radius 2 is 2.33 bits per heavy atom. The Bertz CT molecular complexity index is 197. The summed E-state index contributed by atoms with van der Waals surface area (Å²) >= 11 is 0. The summed E-state index contributed by atoms with van der Waals surface area (Å²) in [6, 6.07) is 0.275.